The average Bonchev–Trinajstić information content (AvgIpc) is 3.21. The van der Waals surface area contributed by atoms with Gasteiger partial charge in [-0.2, -0.15) is 13.2 Å². The fourth-order valence-electron chi connectivity index (χ4n) is 3.46. The molecule has 0 atom stereocenters. The molecule has 2 heterocycles. The molecule has 0 aliphatic rings. The number of hydrogen-bond donors (Lipinski definition) is 0. The van der Waals surface area contributed by atoms with E-state index in [1.807, 2.05) is 19.9 Å². The molecule has 4 rings (SSSR count). The van der Waals surface area contributed by atoms with Gasteiger partial charge in [-0.25, -0.2) is 0 Å². The number of carbonyl (C=O) groups excluding carboxylic acids is 1. The number of para-hydroxylation sites is 1. The molecule has 2 aromatic carbocycles. The van der Waals surface area contributed by atoms with Crippen LogP contribution in [0.25, 0.3) is 10.9 Å². The van der Waals surface area contributed by atoms with E-state index >= 15 is 0 Å². The smallest absolute Gasteiger partial charge is 0.449 e. The standard InChI is InChI=1S/C24H18F3NO3/c1-14-7-8-16(11-15(14)2)22(29)19-13-28(20-6-4-3-5-18(20)23(19)30)12-17-9-10-21(31-17)24(25,26)27/h3-11,13H,12H2,1-2H3. The number of aromatic nitrogens is 1. The van der Waals surface area contributed by atoms with Gasteiger partial charge in [-0.15, -0.1) is 0 Å². The molecule has 4 aromatic rings. The minimum Gasteiger partial charge on any atom is -0.455 e. The number of hydrogen-bond acceptors (Lipinski definition) is 3. The van der Waals surface area contributed by atoms with Crippen LogP contribution in [0.2, 0.25) is 0 Å². The van der Waals surface area contributed by atoms with Crippen LogP contribution in [-0.2, 0) is 12.7 Å². The van der Waals surface area contributed by atoms with Crippen LogP contribution in [0.3, 0.4) is 0 Å². The number of furan rings is 1. The van der Waals surface area contributed by atoms with Crippen LogP contribution in [0.1, 0.15) is 38.6 Å². The van der Waals surface area contributed by atoms with E-state index in [4.69, 9.17) is 4.42 Å². The van der Waals surface area contributed by atoms with Gasteiger partial charge >= 0.3 is 6.18 Å². The molecule has 0 fully saturated rings. The number of nitrogens with zero attached hydrogens (tertiary/aromatic N) is 1. The molecule has 0 spiro atoms. The zero-order chi connectivity index (χ0) is 22.3. The highest BCUT2D eigenvalue weighted by Crippen LogP contribution is 2.31. The van der Waals surface area contributed by atoms with Crippen LogP contribution >= 0.6 is 0 Å². The summed E-state index contributed by atoms with van der Waals surface area (Å²) < 4.78 is 45.1. The molecule has 4 nitrogen and oxygen atoms in total. The molecular formula is C24H18F3NO3. The van der Waals surface area contributed by atoms with E-state index in [1.54, 1.807) is 41.0 Å². The highest BCUT2D eigenvalue weighted by Gasteiger charge is 2.34. The van der Waals surface area contributed by atoms with Crippen LogP contribution in [0.15, 0.2) is 70.0 Å². The van der Waals surface area contributed by atoms with Gasteiger partial charge in [-0.3, -0.25) is 9.59 Å². The normalized spacial score (nSPS) is 11.8. The van der Waals surface area contributed by atoms with Crippen molar-refractivity contribution < 1.29 is 22.4 Å². The van der Waals surface area contributed by atoms with Crippen molar-refractivity contribution in [2.24, 2.45) is 0 Å². The molecule has 0 amide bonds. The quantitative estimate of drug-likeness (QED) is 0.405. The van der Waals surface area contributed by atoms with Crippen LogP contribution in [0.4, 0.5) is 13.2 Å². The first-order valence-electron chi connectivity index (χ1n) is 9.55. The Balaban J connectivity index is 1.83. The fourth-order valence-corrected chi connectivity index (χ4v) is 3.46. The Bertz CT molecular complexity index is 1360. The molecular weight excluding hydrogens is 407 g/mol. The predicted molar refractivity (Wildman–Crippen MR) is 110 cm³/mol. The van der Waals surface area contributed by atoms with Crippen molar-refractivity contribution in [3.63, 3.8) is 0 Å². The molecule has 158 valence electrons. The van der Waals surface area contributed by atoms with E-state index in [2.05, 4.69) is 0 Å². The van der Waals surface area contributed by atoms with Crippen molar-refractivity contribution in [1.82, 2.24) is 4.57 Å². The fraction of sp³-hybridized carbons (Fsp3) is 0.167. The Morgan fingerprint density at radius 1 is 1.00 bits per heavy atom. The molecule has 0 aliphatic carbocycles. The summed E-state index contributed by atoms with van der Waals surface area (Å²) in [5, 5.41) is 0.305. The summed E-state index contributed by atoms with van der Waals surface area (Å²) in [5.41, 5.74) is 2.33. The Labute approximate surface area is 175 Å². The van der Waals surface area contributed by atoms with Crippen molar-refractivity contribution in [1.29, 1.82) is 0 Å². The second-order valence-electron chi connectivity index (χ2n) is 7.41. The van der Waals surface area contributed by atoms with E-state index in [1.165, 1.54) is 12.3 Å². The maximum Gasteiger partial charge on any atom is 0.449 e. The second-order valence-corrected chi connectivity index (χ2v) is 7.41. The van der Waals surface area contributed by atoms with E-state index in [9.17, 15) is 22.8 Å². The molecule has 0 saturated carbocycles. The van der Waals surface area contributed by atoms with Crippen molar-refractivity contribution in [3.8, 4) is 0 Å². The summed E-state index contributed by atoms with van der Waals surface area (Å²) >= 11 is 0. The third-order valence-electron chi connectivity index (χ3n) is 5.27. The van der Waals surface area contributed by atoms with Gasteiger partial charge in [0.05, 0.1) is 17.6 Å². The highest BCUT2D eigenvalue weighted by molar-refractivity contribution is 6.10. The van der Waals surface area contributed by atoms with Gasteiger partial charge in [0.15, 0.2) is 5.78 Å². The van der Waals surface area contributed by atoms with Crippen LogP contribution in [-0.4, -0.2) is 10.4 Å². The Kier molecular flexibility index (Phi) is 5.05. The number of fused-ring (bicyclic) bond motifs is 1. The van der Waals surface area contributed by atoms with Crippen molar-refractivity contribution in [2.75, 3.05) is 0 Å². The van der Waals surface area contributed by atoms with Gasteiger partial charge in [0.2, 0.25) is 11.2 Å². The summed E-state index contributed by atoms with van der Waals surface area (Å²) in [6.07, 6.45) is -3.20. The lowest BCUT2D eigenvalue weighted by Gasteiger charge is -2.13. The monoisotopic (exact) mass is 425 g/mol. The zero-order valence-electron chi connectivity index (χ0n) is 16.8. The zero-order valence-corrected chi connectivity index (χ0v) is 16.8. The number of benzene rings is 2. The Morgan fingerprint density at radius 3 is 2.42 bits per heavy atom. The van der Waals surface area contributed by atoms with E-state index in [-0.39, 0.29) is 17.9 Å². The van der Waals surface area contributed by atoms with Crippen LogP contribution in [0, 0.1) is 13.8 Å². The molecule has 31 heavy (non-hydrogen) atoms. The topological polar surface area (TPSA) is 52.2 Å². The second kappa shape index (κ2) is 7.58. The van der Waals surface area contributed by atoms with Gasteiger partial charge in [-0.1, -0.05) is 24.3 Å². The largest absolute Gasteiger partial charge is 0.455 e. The molecule has 0 radical (unpaired) electrons. The van der Waals surface area contributed by atoms with Gasteiger partial charge < -0.3 is 8.98 Å². The van der Waals surface area contributed by atoms with Crippen molar-refractivity contribution in [3.05, 3.63) is 105 Å². The SMILES string of the molecule is Cc1ccc(C(=O)c2cn(Cc3ccc(C(F)(F)F)o3)c3ccccc3c2=O)cc1C. The summed E-state index contributed by atoms with van der Waals surface area (Å²) in [4.78, 5) is 26.2. The van der Waals surface area contributed by atoms with Gasteiger partial charge in [0.25, 0.3) is 0 Å². The Morgan fingerprint density at radius 2 is 1.74 bits per heavy atom. The van der Waals surface area contributed by atoms with Gasteiger partial charge in [0.1, 0.15) is 5.76 Å². The number of alkyl halides is 3. The first kappa shape index (κ1) is 20.7. The summed E-state index contributed by atoms with van der Waals surface area (Å²) in [6.45, 7) is 3.73. The van der Waals surface area contributed by atoms with E-state index in [0.717, 1.165) is 17.2 Å². The third kappa shape index (κ3) is 3.91. The highest BCUT2D eigenvalue weighted by atomic mass is 19.4. The minimum absolute atomic E-state index is 0.0513. The van der Waals surface area contributed by atoms with Crippen molar-refractivity contribution >= 4 is 16.7 Å². The molecule has 0 saturated heterocycles. The maximum atomic E-state index is 13.1. The molecule has 2 aromatic heterocycles. The number of aryl methyl sites for hydroxylation is 2. The Hall–Kier alpha value is -3.61. The summed E-state index contributed by atoms with van der Waals surface area (Å²) in [6, 6.07) is 13.9. The lowest BCUT2D eigenvalue weighted by atomic mass is 9.99. The van der Waals surface area contributed by atoms with Crippen LogP contribution in [0.5, 0.6) is 0 Å². The first-order valence-corrected chi connectivity index (χ1v) is 9.55. The summed E-state index contributed by atoms with van der Waals surface area (Å²) in [7, 11) is 0. The van der Waals surface area contributed by atoms with Gasteiger partial charge in [0, 0.05) is 17.1 Å². The molecule has 0 N–H and O–H groups in total. The maximum absolute atomic E-state index is 13.1. The van der Waals surface area contributed by atoms with E-state index < -0.39 is 23.1 Å². The number of carbonyl (C=O) groups is 1. The molecule has 0 bridgehead atoms. The third-order valence-corrected chi connectivity index (χ3v) is 5.27. The number of halogens is 3. The number of rotatable bonds is 4. The molecule has 0 aliphatic heterocycles. The minimum atomic E-state index is -4.59. The average molecular weight is 425 g/mol. The predicted octanol–water partition coefficient (Wildman–Crippen LogP) is 5.51. The number of ketones is 1. The van der Waals surface area contributed by atoms with Crippen molar-refractivity contribution in [2.45, 2.75) is 26.6 Å². The van der Waals surface area contributed by atoms with Crippen LogP contribution < -0.4 is 5.43 Å². The molecule has 0 unspecified atom stereocenters. The summed E-state index contributed by atoms with van der Waals surface area (Å²) in [5.74, 6) is -1.48. The first-order chi connectivity index (χ1) is 14.6. The molecule has 7 heteroatoms. The number of pyridine rings is 1. The van der Waals surface area contributed by atoms with Gasteiger partial charge in [-0.05, 0) is 55.3 Å². The lowest BCUT2D eigenvalue weighted by Crippen LogP contribution is -2.20. The lowest BCUT2D eigenvalue weighted by molar-refractivity contribution is -0.153. The van der Waals surface area contributed by atoms with E-state index in [0.29, 0.717) is 16.5 Å².